The van der Waals surface area contributed by atoms with Crippen LogP contribution in [0.2, 0.25) is 5.02 Å². The molecular weight excluding hydrogens is 490 g/mol. The van der Waals surface area contributed by atoms with Crippen molar-refractivity contribution in [2.45, 2.75) is 25.9 Å². The van der Waals surface area contributed by atoms with Gasteiger partial charge in [-0.3, -0.25) is 15.1 Å². The van der Waals surface area contributed by atoms with Gasteiger partial charge in [-0.05, 0) is 41.7 Å². The van der Waals surface area contributed by atoms with Gasteiger partial charge in [0.2, 0.25) is 0 Å². The Labute approximate surface area is 222 Å². The van der Waals surface area contributed by atoms with E-state index < -0.39 is 12.2 Å². The van der Waals surface area contributed by atoms with Gasteiger partial charge in [0, 0.05) is 35.8 Å². The van der Waals surface area contributed by atoms with E-state index in [2.05, 4.69) is 10.3 Å². The fourth-order valence-corrected chi connectivity index (χ4v) is 4.05. The highest BCUT2D eigenvalue weighted by Crippen LogP contribution is 2.26. The molecule has 1 atom stereocenters. The maximum absolute atomic E-state index is 12.6. The van der Waals surface area contributed by atoms with Gasteiger partial charge in [-0.2, -0.15) is 0 Å². The lowest BCUT2D eigenvalue weighted by Crippen LogP contribution is -2.33. The Kier molecular flexibility index (Phi) is 9.86. The van der Waals surface area contributed by atoms with Gasteiger partial charge in [0.1, 0.15) is 11.9 Å². The summed E-state index contributed by atoms with van der Waals surface area (Å²) in [6.07, 6.45) is 1.15. The van der Waals surface area contributed by atoms with Crippen LogP contribution >= 0.6 is 11.6 Å². The topological polar surface area (TPSA) is 103 Å². The Morgan fingerprint density at radius 2 is 1.65 bits per heavy atom. The molecule has 0 bridgehead atoms. The molecule has 37 heavy (non-hydrogen) atoms. The monoisotopic (exact) mass is 519 g/mol. The first-order valence-electron chi connectivity index (χ1n) is 11.7. The number of nitrogens with one attached hydrogen (secondary N) is 1. The highest BCUT2D eigenvalue weighted by Gasteiger charge is 2.18. The predicted octanol–water partition coefficient (Wildman–Crippen LogP) is 5.93. The van der Waals surface area contributed by atoms with Gasteiger partial charge in [-0.15, -0.1) is 0 Å². The third-order valence-corrected chi connectivity index (χ3v) is 6.17. The molecule has 3 N–H and O–H groups in total. The summed E-state index contributed by atoms with van der Waals surface area (Å²) < 4.78 is 10.2. The Bertz CT molecular complexity index is 1290. The zero-order chi connectivity index (χ0) is 26.8. The third kappa shape index (κ3) is 7.44. The fraction of sp³-hybridized carbons (Fsp3) is 0.207. The number of esters is 1. The molecule has 0 aliphatic carbocycles. The summed E-state index contributed by atoms with van der Waals surface area (Å²) in [4.78, 5) is 28.1. The van der Waals surface area contributed by atoms with Crippen LogP contribution in [0.3, 0.4) is 0 Å². The van der Waals surface area contributed by atoms with Gasteiger partial charge in [0.05, 0.1) is 7.11 Å². The standard InChI is InChI=1S/C29H30ClN3O4/c1-19(24-6-4-5-7-26(24)30)37-29(35)33-28(32-2)25(18-31)23-15-13-22(14-16-23)21-11-8-20(9-12-21)10-17-27(34)36-3/h4-9,11-16,18-19H,10,17,31H2,1-3H3,(H,32,33,35)/t19-/m1/s1. The van der Waals surface area contributed by atoms with Crippen molar-refractivity contribution < 1.29 is 19.1 Å². The molecule has 0 aliphatic heterocycles. The van der Waals surface area contributed by atoms with Gasteiger partial charge in [-0.25, -0.2) is 4.79 Å². The number of rotatable bonds is 8. The number of nitrogens with zero attached hydrogens (tertiary/aromatic N) is 1. The number of alkyl carbamates (subject to hydrolysis) is 1. The number of aliphatic imine (C=N–C) groups is 1. The second-order valence-electron chi connectivity index (χ2n) is 8.20. The highest BCUT2D eigenvalue weighted by atomic mass is 35.5. The molecule has 0 heterocycles. The van der Waals surface area contributed by atoms with Crippen LogP contribution in [0.15, 0.2) is 84.0 Å². The number of aryl methyl sites for hydroxylation is 1. The number of hydrogen-bond donors (Lipinski definition) is 2. The maximum atomic E-state index is 12.6. The van der Waals surface area contributed by atoms with Crippen molar-refractivity contribution in [1.29, 1.82) is 0 Å². The Hall–Kier alpha value is -4.10. The molecule has 0 aliphatic rings. The van der Waals surface area contributed by atoms with Crippen LogP contribution < -0.4 is 11.1 Å². The summed E-state index contributed by atoms with van der Waals surface area (Å²) in [5.41, 5.74) is 11.0. The van der Waals surface area contributed by atoms with Crippen molar-refractivity contribution in [3.8, 4) is 11.1 Å². The Morgan fingerprint density at radius 3 is 2.22 bits per heavy atom. The number of halogens is 1. The number of amides is 1. The second-order valence-corrected chi connectivity index (χ2v) is 8.60. The lowest BCUT2D eigenvalue weighted by molar-refractivity contribution is -0.140. The van der Waals surface area contributed by atoms with Crippen LogP contribution in [-0.2, 0) is 20.7 Å². The van der Waals surface area contributed by atoms with E-state index in [-0.39, 0.29) is 11.8 Å². The van der Waals surface area contributed by atoms with Gasteiger partial charge in [-0.1, -0.05) is 78.3 Å². The third-order valence-electron chi connectivity index (χ3n) is 5.82. The lowest BCUT2D eigenvalue weighted by Gasteiger charge is -2.17. The van der Waals surface area contributed by atoms with Crippen molar-refractivity contribution >= 4 is 35.1 Å². The number of nitrogens with two attached hydrogens (primary N) is 1. The molecule has 0 fully saturated rings. The first-order valence-corrected chi connectivity index (χ1v) is 12.1. The summed E-state index contributed by atoms with van der Waals surface area (Å²) in [7, 11) is 2.95. The molecule has 7 nitrogen and oxygen atoms in total. The Balaban J connectivity index is 1.66. The number of amidine groups is 1. The van der Waals surface area contributed by atoms with E-state index in [1.165, 1.54) is 13.3 Å². The molecule has 1 amide bonds. The number of benzene rings is 3. The summed E-state index contributed by atoms with van der Waals surface area (Å²) in [6.45, 7) is 1.74. The van der Waals surface area contributed by atoms with Gasteiger partial charge < -0.3 is 15.2 Å². The highest BCUT2D eigenvalue weighted by molar-refractivity contribution is 6.31. The molecule has 192 valence electrons. The van der Waals surface area contributed by atoms with Crippen LogP contribution in [0.4, 0.5) is 4.79 Å². The average Bonchev–Trinajstić information content (AvgIpc) is 2.92. The van der Waals surface area contributed by atoms with E-state index in [1.807, 2.05) is 60.7 Å². The molecule has 0 saturated carbocycles. The number of hydrogen-bond acceptors (Lipinski definition) is 6. The summed E-state index contributed by atoms with van der Waals surface area (Å²) in [6, 6.07) is 23.0. The molecule has 8 heteroatoms. The molecule has 0 unspecified atom stereocenters. The van der Waals surface area contributed by atoms with Gasteiger partial charge >= 0.3 is 12.1 Å². The van der Waals surface area contributed by atoms with Crippen LogP contribution in [0.25, 0.3) is 16.7 Å². The molecule has 0 saturated heterocycles. The molecule has 0 spiro atoms. The van der Waals surface area contributed by atoms with E-state index >= 15 is 0 Å². The first-order chi connectivity index (χ1) is 17.9. The van der Waals surface area contributed by atoms with E-state index in [0.717, 1.165) is 22.3 Å². The number of carbonyl (C=O) groups is 2. The minimum absolute atomic E-state index is 0.226. The largest absolute Gasteiger partial charge is 0.469 e. The van der Waals surface area contributed by atoms with Crippen molar-refractivity contribution in [3.05, 3.63) is 101 Å². The SMILES string of the molecule is CN=C(NC(=O)O[C@H](C)c1ccccc1Cl)C(=CN)c1ccc(-c2ccc(CCC(=O)OC)cc2)cc1. The number of carbonyl (C=O) groups excluding carboxylic acids is 2. The summed E-state index contributed by atoms with van der Waals surface area (Å²) >= 11 is 6.21. The normalized spacial score (nSPS) is 12.5. The van der Waals surface area contributed by atoms with E-state index in [9.17, 15) is 9.59 Å². The lowest BCUT2D eigenvalue weighted by atomic mass is 9.98. The van der Waals surface area contributed by atoms with Crippen LogP contribution in [-0.4, -0.2) is 32.1 Å². The number of ether oxygens (including phenoxy) is 2. The van der Waals surface area contributed by atoms with Crippen LogP contribution in [0.5, 0.6) is 0 Å². The molecule has 3 aromatic rings. The van der Waals surface area contributed by atoms with Crippen molar-refractivity contribution in [2.24, 2.45) is 10.7 Å². The van der Waals surface area contributed by atoms with E-state index in [0.29, 0.717) is 29.0 Å². The Morgan fingerprint density at radius 1 is 1.03 bits per heavy atom. The second kappa shape index (κ2) is 13.3. The zero-order valence-corrected chi connectivity index (χ0v) is 21.8. The molecule has 3 rings (SSSR count). The first kappa shape index (κ1) is 27.5. The summed E-state index contributed by atoms with van der Waals surface area (Å²) in [5, 5.41) is 3.20. The van der Waals surface area contributed by atoms with E-state index in [4.69, 9.17) is 26.8 Å². The fourth-order valence-electron chi connectivity index (χ4n) is 3.77. The molecular formula is C29H30ClN3O4. The molecule has 0 aromatic heterocycles. The molecule has 0 radical (unpaired) electrons. The number of methoxy groups -OCH3 is 1. The predicted molar refractivity (Wildman–Crippen MR) is 147 cm³/mol. The maximum Gasteiger partial charge on any atom is 0.413 e. The summed E-state index contributed by atoms with van der Waals surface area (Å²) in [5.74, 6) is 0.0536. The van der Waals surface area contributed by atoms with Crippen molar-refractivity contribution in [1.82, 2.24) is 5.32 Å². The smallest absolute Gasteiger partial charge is 0.413 e. The minimum atomic E-state index is -0.670. The van der Waals surface area contributed by atoms with Crippen molar-refractivity contribution in [3.63, 3.8) is 0 Å². The quantitative estimate of drug-likeness (QED) is 0.218. The van der Waals surface area contributed by atoms with Gasteiger partial charge in [0.15, 0.2) is 0 Å². The molecule has 3 aromatic carbocycles. The van der Waals surface area contributed by atoms with E-state index in [1.54, 1.807) is 26.1 Å². The van der Waals surface area contributed by atoms with Gasteiger partial charge in [0.25, 0.3) is 0 Å². The van der Waals surface area contributed by atoms with Crippen molar-refractivity contribution in [2.75, 3.05) is 14.2 Å². The van der Waals surface area contributed by atoms with Crippen LogP contribution in [0.1, 0.15) is 36.1 Å². The van der Waals surface area contributed by atoms with Crippen LogP contribution in [0, 0.1) is 0 Å². The zero-order valence-electron chi connectivity index (χ0n) is 21.0. The minimum Gasteiger partial charge on any atom is -0.469 e. The average molecular weight is 520 g/mol.